The Morgan fingerprint density at radius 1 is 1.03 bits per heavy atom. The lowest BCUT2D eigenvalue weighted by molar-refractivity contribution is 0.0940. The van der Waals surface area contributed by atoms with Crippen LogP contribution in [0.3, 0.4) is 0 Å². The summed E-state index contributed by atoms with van der Waals surface area (Å²) in [5, 5.41) is 7.67. The van der Waals surface area contributed by atoms with Crippen LogP contribution < -0.4 is 20.3 Å². The number of nitrogens with one attached hydrogen (secondary N) is 2. The summed E-state index contributed by atoms with van der Waals surface area (Å²) in [4.78, 5) is 24.0. The number of benzene rings is 2. The van der Waals surface area contributed by atoms with Crippen LogP contribution in [0.5, 0.6) is 5.75 Å². The highest BCUT2D eigenvalue weighted by Crippen LogP contribution is 2.28. The largest absolute Gasteiger partial charge is 0.496 e. The molecule has 1 aliphatic carbocycles. The Hall–Kier alpha value is -3.35. The van der Waals surface area contributed by atoms with Crippen LogP contribution >= 0.6 is 0 Å². The molecule has 7 heteroatoms. The molecule has 4 rings (SSSR count). The molecule has 0 atom stereocenters. The van der Waals surface area contributed by atoms with Crippen LogP contribution in [-0.2, 0) is 0 Å². The quantitative estimate of drug-likeness (QED) is 0.584. The molecular formula is C25H31N5O2. The van der Waals surface area contributed by atoms with Crippen molar-refractivity contribution in [1.82, 2.24) is 15.3 Å². The summed E-state index contributed by atoms with van der Waals surface area (Å²) in [6.45, 7) is 0.681. The number of aromatic nitrogens is 2. The molecule has 0 radical (unpaired) electrons. The topological polar surface area (TPSA) is 79.4 Å². The number of hydrogen-bond donors (Lipinski definition) is 2. The lowest BCUT2D eigenvalue weighted by atomic mass is 9.86. The number of nitrogens with zero attached hydrogens (tertiary/aromatic N) is 3. The van der Waals surface area contributed by atoms with Gasteiger partial charge in [-0.05, 0) is 55.9 Å². The number of rotatable bonds is 7. The summed E-state index contributed by atoms with van der Waals surface area (Å²) < 4.78 is 5.29. The Labute approximate surface area is 189 Å². The molecule has 0 aliphatic heterocycles. The van der Waals surface area contributed by atoms with Gasteiger partial charge in [0.1, 0.15) is 11.6 Å². The van der Waals surface area contributed by atoms with Crippen molar-refractivity contribution in [3.63, 3.8) is 0 Å². The van der Waals surface area contributed by atoms with Crippen LogP contribution in [0, 0.1) is 5.92 Å². The van der Waals surface area contributed by atoms with Crippen molar-refractivity contribution in [3.8, 4) is 5.75 Å². The maximum Gasteiger partial charge on any atom is 0.255 e. The molecule has 32 heavy (non-hydrogen) atoms. The van der Waals surface area contributed by atoms with E-state index in [1.807, 2.05) is 55.4 Å². The zero-order valence-electron chi connectivity index (χ0n) is 19.0. The van der Waals surface area contributed by atoms with E-state index in [-0.39, 0.29) is 5.91 Å². The van der Waals surface area contributed by atoms with E-state index in [1.165, 1.54) is 0 Å². The fraction of sp³-hybridized carbons (Fsp3) is 0.400. The Kier molecular flexibility index (Phi) is 6.73. The molecule has 1 fully saturated rings. The third-order valence-electron chi connectivity index (χ3n) is 6.09. The predicted molar refractivity (Wildman–Crippen MR) is 129 cm³/mol. The van der Waals surface area contributed by atoms with Crippen LogP contribution in [0.1, 0.15) is 36.0 Å². The first kappa shape index (κ1) is 21.9. The molecule has 0 bridgehead atoms. The second-order valence-electron chi connectivity index (χ2n) is 8.55. The van der Waals surface area contributed by atoms with E-state index in [2.05, 4.69) is 16.7 Å². The molecule has 0 spiro atoms. The summed E-state index contributed by atoms with van der Waals surface area (Å²) in [5.41, 5.74) is 1.52. The lowest BCUT2D eigenvalue weighted by Gasteiger charge is -2.29. The fourth-order valence-electron chi connectivity index (χ4n) is 4.32. The number of para-hydroxylation sites is 2. The highest BCUT2D eigenvalue weighted by atomic mass is 16.5. The molecule has 2 N–H and O–H groups in total. The molecule has 7 nitrogen and oxygen atoms in total. The van der Waals surface area contributed by atoms with E-state index in [0.29, 0.717) is 35.8 Å². The number of carbonyl (C=O) groups is 1. The van der Waals surface area contributed by atoms with Gasteiger partial charge in [-0.2, -0.15) is 4.98 Å². The zero-order valence-corrected chi connectivity index (χ0v) is 19.0. The smallest absolute Gasteiger partial charge is 0.255 e. The van der Waals surface area contributed by atoms with Gasteiger partial charge < -0.3 is 20.3 Å². The Bertz CT molecular complexity index is 1080. The van der Waals surface area contributed by atoms with E-state index in [1.54, 1.807) is 13.2 Å². The van der Waals surface area contributed by atoms with Gasteiger partial charge in [0.15, 0.2) is 0 Å². The van der Waals surface area contributed by atoms with Gasteiger partial charge in [0, 0.05) is 32.1 Å². The summed E-state index contributed by atoms with van der Waals surface area (Å²) in [6, 6.07) is 15.8. The summed E-state index contributed by atoms with van der Waals surface area (Å²) in [5.74, 6) is 2.60. The van der Waals surface area contributed by atoms with Gasteiger partial charge >= 0.3 is 0 Å². The van der Waals surface area contributed by atoms with Gasteiger partial charge in [0.05, 0.1) is 18.2 Å². The number of fused-ring (bicyclic) bond motifs is 1. The predicted octanol–water partition coefficient (Wildman–Crippen LogP) is 4.11. The Balaban J connectivity index is 1.32. The highest BCUT2D eigenvalue weighted by Gasteiger charge is 2.23. The third kappa shape index (κ3) is 4.93. The molecule has 1 heterocycles. The fourth-order valence-corrected chi connectivity index (χ4v) is 4.32. The molecule has 3 aromatic rings. The maximum absolute atomic E-state index is 12.5. The van der Waals surface area contributed by atoms with Gasteiger partial charge in [-0.1, -0.05) is 24.3 Å². The molecule has 2 aromatic carbocycles. The molecular weight excluding hydrogens is 402 g/mol. The zero-order chi connectivity index (χ0) is 22.5. The first-order chi connectivity index (χ1) is 15.5. The molecule has 1 saturated carbocycles. The minimum absolute atomic E-state index is 0.0801. The molecule has 1 aromatic heterocycles. The number of methoxy groups -OCH3 is 1. The second kappa shape index (κ2) is 9.85. The van der Waals surface area contributed by atoms with Gasteiger partial charge in [0.2, 0.25) is 5.95 Å². The maximum atomic E-state index is 12.5. The minimum Gasteiger partial charge on any atom is -0.496 e. The summed E-state index contributed by atoms with van der Waals surface area (Å²) in [7, 11) is 5.59. The standard InChI is InChI=1S/C25H31N5O2/c1-30(2)23-19-8-4-6-10-21(19)28-25(29-23)27-18-14-12-17(13-15-18)16-26-24(31)20-9-5-7-11-22(20)32-3/h4-11,17-18H,12-16H2,1-3H3,(H,26,31)(H,27,28,29)/t17-,18+. The van der Waals surface area contributed by atoms with Gasteiger partial charge in [0.25, 0.3) is 5.91 Å². The first-order valence-corrected chi connectivity index (χ1v) is 11.2. The monoisotopic (exact) mass is 433 g/mol. The van der Waals surface area contributed by atoms with Crippen LogP contribution in [0.15, 0.2) is 48.5 Å². The van der Waals surface area contributed by atoms with Crippen molar-refractivity contribution in [2.24, 2.45) is 5.92 Å². The summed E-state index contributed by atoms with van der Waals surface area (Å²) in [6.07, 6.45) is 4.17. The number of ether oxygens (including phenoxy) is 1. The van der Waals surface area contributed by atoms with E-state index in [9.17, 15) is 4.79 Å². The highest BCUT2D eigenvalue weighted by molar-refractivity contribution is 5.96. The summed E-state index contributed by atoms with van der Waals surface area (Å²) >= 11 is 0. The van der Waals surface area contributed by atoms with Crippen molar-refractivity contribution in [3.05, 3.63) is 54.1 Å². The van der Waals surface area contributed by atoms with E-state index in [0.717, 1.165) is 42.4 Å². The number of carbonyl (C=O) groups excluding carboxylic acids is 1. The van der Waals surface area contributed by atoms with Crippen molar-refractivity contribution in [2.45, 2.75) is 31.7 Å². The second-order valence-corrected chi connectivity index (χ2v) is 8.55. The molecule has 168 valence electrons. The molecule has 1 aliphatic rings. The number of hydrogen-bond acceptors (Lipinski definition) is 6. The molecule has 0 unspecified atom stereocenters. The SMILES string of the molecule is COc1ccccc1C(=O)NC[C@H]1CC[C@@H](Nc2nc(N(C)C)c3ccccc3n2)CC1. The van der Waals surface area contributed by atoms with E-state index >= 15 is 0 Å². The van der Waals surface area contributed by atoms with E-state index in [4.69, 9.17) is 14.7 Å². The average molecular weight is 434 g/mol. The van der Waals surface area contributed by atoms with Crippen LogP contribution in [0.4, 0.5) is 11.8 Å². The van der Waals surface area contributed by atoms with Crippen molar-refractivity contribution in [2.75, 3.05) is 38.0 Å². The third-order valence-corrected chi connectivity index (χ3v) is 6.09. The van der Waals surface area contributed by atoms with E-state index < -0.39 is 0 Å². The van der Waals surface area contributed by atoms with Crippen LogP contribution in [-0.4, -0.2) is 49.7 Å². The molecule has 0 saturated heterocycles. The number of amides is 1. The lowest BCUT2D eigenvalue weighted by Crippen LogP contribution is -2.34. The van der Waals surface area contributed by atoms with Crippen molar-refractivity contribution in [1.29, 1.82) is 0 Å². The normalized spacial score (nSPS) is 18.2. The minimum atomic E-state index is -0.0801. The van der Waals surface area contributed by atoms with Crippen LogP contribution in [0.2, 0.25) is 0 Å². The van der Waals surface area contributed by atoms with Gasteiger partial charge in [-0.25, -0.2) is 4.98 Å². The van der Waals surface area contributed by atoms with Crippen molar-refractivity contribution < 1.29 is 9.53 Å². The van der Waals surface area contributed by atoms with Crippen LogP contribution in [0.25, 0.3) is 10.9 Å². The average Bonchev–Trinajstić information content (AvgIpc) is 2.82. The Morgan fingerprint density at radius 2 is 1.75 bits per heavy atom. The van der Waals surface area contributed by atoms with Gasteiger partial charge in [-0.3, -0.25) is 4.79 Å². The Morgan fingerprint density at radius 3 is 2.50 bits per heavy atom. The molecule has 1 amide bonds. The van der Waals surface area contributed by atoms with Crippen molar-refractivity contribution >= 4 is 28.6 Å². The first-order valence-electron chi connectivity index (χ1n) is 11.2. The number of anilines is 2. The van der Waals surface area contributed by atoms with Gasteiger partial charge in [-0.15, -0.1) is 0 Å².